The minimum atomic E-state index is -0.774. The Morgan fingerprint density at radius 3 is 2.11 bits per heavy atom. The Balaban J connectivity index is 1.17. The maximum atomic E-state index is 13.2. The number of aliphatic carboxylic acids is 1. The van der Waals surface area contributed by atoms with Crippen LogP contribution in [0.3, 0.4) is 0 Å². The Kier molecular flexibility index (Phi) is 6.75. The number of carbonyl (C=O) groups is 3. The number of hydrogen-bond acceptors (Lipinski definition) is 4. The molecule has 35 heavy (non-hydrogen) atoms. The number of alkyl carbamates (subject to hydrolysis) is 1. The van der Waals surface area contributed by atoms with Gasteiger partial charge in [-0.15, -0.1) is 0 Å². The number of amides is 2. The average molecular weight is 477 g/mol. The van der Waals surface area contributed by atoms with Crippen molar-refractivity contribution in [3.63, 3.8) is 0 Å². The van der Waals surface area contributed by atoms with E-state index in [9.17, 15) is 14.4 Å². The third kappa shape index (κ3) is 5.19. The number of rotatable bonds is 8. The van der Waals surface area contributed by atoms with Gasteiger partial charge in [-0.05, 0) is 66.2 Å². The van der Waals surface area contributed by atoms with Gasteiger partial charge in [-0.3, -0.25) is 9.59 Å². The lowest BCUT2D eigenvalue weighted by Gasteiger charge is -2.34. The van der Waals surface area contributed by atoms with Crippen LogP contribution in [0.5, 0.6) is 0 Å². The topological polar surface area (TPSA) is 95.9 Å². The number of likely N-dealkylation sites (tertiary alicyclic amines) is 1. The summed E-state index contributed by atoms with van der Waals surface area (Å²) in [6.45, 7) is 1.44. The highest BCUT2D eigenvalue weighted by Crippen LogP contribution is 2.44. The van der Waals surface area contributed by atoms with Crippen molar-refractivity contribution in [1.29, 1.82) is 0 Å². The van der Waals surface area contributed by atoms with Crippen LogP contribution in [-0.4, -0.2) is 53.7 Å². The summed E-state index contributed by atoms with van der Waals surface area (Å²) in [5, 5.41) is 11.8. The van der Waals surface area contributed by atoms with Gasteiger partial charge in [0.1, 0.15) is 12.6 Å². The summed E-state index contributed by atoms with van der Waals surface area (Å²) in [7, 11) is 0. The van der Waals surface area contributed by atoms with Crippen molar-refractivity contribution in [1.82, 2.24) is 10.2 Å². The molecular formula is C28H32N2O5. The standard InChI is InChI=1S/C28H32N2O5/c31-25(32)12-9-18-13-15-30(16-14-18)27(33)26(19-10-11-19)29-28(34)35-17-24-22-7-3-1-5-20(22)21-6-2-4-8-23(21)24/h1-8,18-19,24,26H,9-17H2,(H,29,34)(H,31,32). The monoisotopic (exact) mass is 476 g/mol. The third-order valence-electron chi connectivity index (χ3n) is 7.67. The van der Waals surface area contributed by atoms with Gasteiger partial charge in [0.25, 0.3) is 0 Å². The Labute approximate surface area is 205 Å². The first-order valence-electron chi connectivity index (χ1n) is 12.6. The average Bonchev–Trinajstić information content (AvgIpc) is 3.67. The van der Waals surface area contributed by atoms with Gasteiger partial charge < -0.3 is 20.1 Å². The molecule has 7 heteroatoms. The summed E-state index contributed by atoms with van der Waals surface area (Å²) in [5.74, 6) is -0.340. The maximum Gasteiger partial charge on any atom is 0.407 e. The normalized spacial score (nSPS) is 18.5. The number of hydrogen-bond donors (Lipinski definition) is 2. The molecule has 1 heterocycles. The molecule has 1 unspecified atom stereocenters. The first kappa shape index (κ1) is 23.4. The molecule has 0 spiro atoms. The minimum Gasteiger partial charge on any atom is -0.481 e. The lowest BCUT2D eigenvalue weighted by molar-refractivity contribution is -0.138. The number of piperidine rings is 1. The van der Waals surface area contributed by atoms with Gasteiger partial charge in [-0.2, -0.15) is 0 Å². The summed E-state index contributed by atoms with van der Waals surface area (Å²) in [5.41, 5.74) is 4.66. The molecular weight excluding hydrogens is 444 g/mol. The minimum absolute atomic E-state index is 0.0203. The number of benzene rings is 2. The lowest BCUT2D eigenvalue weighted by atomic mass is 9.91. The predicted octanol–water partition coefficient (Wildman–Crippen LogP) is 4.41. The second kappa shape index (κ2) is 10.1. The van der Waals surface area contributed by atoms with Crippen LogP contribution in [0.15, 0.2) is 48.5 Å². The van der Waals surface area contributed by atoms with E-state index in [1.54, 1.807) is 0 Å². The molecule has 1 aliphatic heterocycles. The van der Waals surface area contributed by atoms with Gasteiger partial charge in [0.15, 0.2) is 0 Å². The van der Waals surface area contributed by atoms with Crippen LogP contribution in [0.4, 0.5) is 4.79 Å². The van der Waals surface area contributed by atoms with Crippen molar-refractivity contribution in [3.05, 3.63) is 59.7 Å². The van der Waals surface area contributed by atoms with Crippen molar-refractivity contribution < 1.29 is 24.2 Å². The van der Waals surface area contributed by atoms with Gasteiger partial charge in [-0.1, -0.05) is 48.5 Å². The summed E-state index contributed by atoms with van der Waals surface area (Å²) in [4.78, 5) is 38.7. The Morgan fingerprint density at radius 2 is 1.54 bits per heavy atom. The SMILES string of the molecule is O=C(O)CCC1CCN(C(=O)C(NC(=O)OCC2c3ccccc3-c3ccccc32)C2CC2)CC1. The molecule has 1 atom stereocenters. The largest absolute Gasteiger partial charge is 0.481 e. The molecule has 2 amide bonds. The molecule has 0 aromatic heterocycles. The van der Waals surface area contributed by atoms with Gasteiger partial charge >= 0.3 is 12.1 Å². The molecule has 2 N–H and O–H groups in total. The molecule has 1 saturated heterocycles. The predicted molar refractivity (Wildman–Crippen MR) is 131 cm³/mol. The highest BCUT2D eigenvalue weighted by molar-refractivity contribution is 5.86. The number of carbonyl (C=O) groups excluding carboxylic acids is 2. The van der Waals surface area contributed by atoms with Crippen LogP contribution in [0.2, 0.25) is 0 Å². The Hall–Kier alpha value is -3.35. The molecule has 0 radical (unpaired) electrons. The molecule has 2 fully saturated rings. The first-order chi connectivity index (χ1) is 17.0. The first-order valence-corrected chi connectivity index (χ1v) is 12.6. The van der Waals surface area contributed by atoms with Gasteiger partial charge in [0, 0.05) is 25.4 Å². The smallest absolute Gasteiger partial charge is 0.407 e. The molecule has 2 aliphatic carbocycles. The van der Waals surface area contributed by atoms with Gasteiger partial charge in [0.05, 0.1) is 0 Å². The highest BCUT2D eigenvalue weighted by atomic mass is 16.5. The van der Waals surface area contributed by atoms with Crippen LogP contribution in [-0.2, 0) is 14.3 Å². The Bertz CT molecular complexity index is 1060. The fraction of sp³-hybridized carbons (Fsp3) is 0.464. The van der Waals surface area contributed by atoms with E-state index >= 15 is 0 Å². The molecule has 2 aromatic rings. The number of fused-ring (bicyclic) bond motifs is 3. The van der Waals surface area contributed by atoms with Crippen molar-refractivity contribution in [3.8, 4) is 11.1 Å². The summed E-state index contributed by atoms with van der Waals surface area (Å²) in [6.07, 6.45) is 3.74. The van der Waals surface area contributed by atoms with Crippen LogP contribution in [0.25, 0.3) is 11.1 Å². The van der Waals surface area contributed by atoms with E-state index in [-0.39, 0.29) is 30.8 Å². The molecule has 3 aliphatic rings. The number of nitrogens with zero attached hydrogens (tertiary/aromatic N) is 1. The summed E-state index contributed by atoms with van der Waals surface area (Å²) in [6, 6.07) is 15.9. The van der Waals surface area contributed by atoms with Crippen molar-refractivity contribution in [2.24, 2.45) is 11.8 Å². The molecule has 184 valence electrons. The molecule has 1 saturated carbocycles. The molecule has 7 nitrogen and oxygen atoms in total. The fourth-order valence-electron chi connectivity index (χ4n) is 5.54. The van der Waals surface area contributed by atoms with Crippen LogP contribution >= 0.6 is 0 Å². The fourth-order valence-corrected chi connectivity index (χ4v) is 5.54. The van der Waals surface area contributed by atoms with Crippen LogP contribution in [0.1, 0.15) is 55.6 Å². The van der Waals surface area contributed by atoms with E-state index in [1.165, 1.54) is 11.1 Å². The summed E-state index contributed by atoms with van der Waals surface area (Å²) < 4.78 is 5.68. The van der Waals surface area contributed by atoms with Crippen molar-refractivity contribution >= 4 is 18.0 Å². The van der Waals surface area contributed by atoms with Crippen LogP contribution < -0.4 is 5.32 Å². The van der Waals surface area contributed by atoms with Crippen LogP contribution in [0, 0.1) is 11.8 Å². The van der Waals surface area contributed by atoms with E-state index < -0.39 is 18.1 Å². The van der Waals surface area contributed by atoms with E-state index in [0.717, 1.165) is 36.8 Å². The number of nitrogens with one attached hydrogen (secondary N) is 1. The maximum absolute atomic E-state index is 13.2. The quantitative estimate of drug-likeness (QED) is 0.589. The molecule has 0 bridgehead atoms. The Morgan fingerprint density at radius 1 is 0.943 bits per heavy atom. The zero-order valence-electron chi connectivity index (χ0n) is 19.8. The zero-order valence-corrected chi connectivity index (χ0v) is 19.8. The van der Waals surface area contributed by atoms with E-state index in [4.69, 9.17) is 9.84 Å². The summed E-state index contributed by atoms with van der Waals surface area (Å²) >= 11 is 0. The van der Waals surface area contributed by atoms with E-state index in [2.05, 4.69) is 29.6 Å². The second-order valence-corrected chi connectivity index (χ2v) is 9.99. The lowest BCUT2D eigenvalue weighted by Crippen LogP contribution is -2.52. The molecule has 5 rings (SSSR count). The zero-order chi connectivity index (χ0) is 24.4. The highest BCUT2D eigenvalue weighted by Gasteiger charge is 2.40. The van der Waals surface area contributed by atoms with Gasteiger partial charge in [-0.25, -0.2) is 4.79 Å². The number of carboxylic acid groups (broad SMARTS) is 1. The van der Waals surface area contributed by atoms with Crippen molar-refractivity contribution in [2.75, 3.05) is 19.7 Å². The van der Waals surface area contributed by atoms with Gasteiger partial charge in [0.2, 0.25) is 5.91 Å². The number of carboxylic acids is 1. The van der Waals surface area contributed by atoms with E-state index in [1.807, 2.05) is 29.2 Å². The molecule has 2 aromatic carbocycles. The van der Waals surface area contributed by atoms with E-state index in [0.29, 0.717) is 25.4 Å². The third-order valence-corrected chi connectivity index (χ3v) is 7.67. The van der Waals surface area contributed by atoms with Crippen molar-refractivity contribution in [2.45, 2.75) is 50.5 Å². The second-order valence-electron chi connectivity index (χ2n) is 9.99. The number of ether oxygens (including phenoxy) is 1.